The van der Waals surface area contributed by atoms with E-state index in [9.17, 15) is 19.5 Å². The van der Waals surface area contributed by atoms with Gasteiger partial charge in [-0.1, -0.05) is 136 Å². The first-order valence-electron chi connectivity index (χ1n) is 15.7. The van der Waals surface area contributed by atoms with Crippen LogP contribution in [0.4, 0.5) is 0 Å². The van der Waals surface area contributed by atoms with E-state index in [2.05, 4.69) is 19.2 Å². The van der Waals surface area contributed by atoms with Crippen LogP contribution in [0.15, 0.2) is 0 Å². The maximum absolute atomic E-state index is 12.1. The van der Waals surface area contributed by atoms with E-state index in [1.54, 1.807) is 0 Å². The smallest absolute Gasteiger partial charge is 0.326 e. The maximum atomic E-state index is 12.1. The molecule has 0 aliphatic rings. The lowest BCUT2D eigenvalue weighted by Gasteiger charge is -2.14. The third-order valence-electron chi connectivity index (χ3n) is 7.04. The lowest BCUT2D eigenvalue weighted by molar-refractivity contribution is -0.145. The molecular formula is C31H59NO5. The Balaban J connectivity index is 3.69. The first-order chi connectivity index (χ1) is 18.0. The highest BCUT2D eigenvalue weighted by molar-refractivity contribution is 5.84. The largest absolute Gasteiger partial charge is 0.480 e. The van der Waals surface area contributed by atoms with Crippen LogP contribution in [0, 0.1) is 0 Å². The monoisotopic (exact) mass is 525 g/mol. The molecule has 0 aliphatic heterocycles. The van der Waals surface area contributed by atoms with Gasteiger partial charge in [-0.3, -0.25) is 9.59 Å². The number of hydrogen-bond donors (Lipinski definition) is 2. The van der Waals surface area contributed by atoms with Crippen molar-refractivity contribution >= 4 is 17.8 Å². The molecule has 2 N–H and O–H groups in total. The summed E-state index contributed by atoms with van der Waals surface area (Å²) in [5.41, 5.74) is 0. The molecule has 1 atom stereocenters. The predicted molar refractivity (Wildman–Crippen MR) is 153 cm³/mol. The molecule has 0 radical (unpaired) electrons. The molecule has 0 spiro atoms. The van der Waals surface area contributed by atoms with Crippen molar-refractivity contribution < 1.29 is 24.2 Å². The van der Waals surface area contributed by atoms with Crippen LogP contribution in [0.5, 0.6) is 0 Å². The number of carbonyl (C=O) groups is 3. The number of carboxylic acid groups (broad SMARTS) is 1. The molecular weight excluding hydrogens is 466 g/mol. The Morgan fingerprint density at radius 2 is 1.00 bits per heavy atom. The summed E-state index contributed by atoms with van der Waals surface area (Å²) in [4.78, 5) is 35.6. The zero-order valence-corrected chi connectivity index (χ0v) is 24.3. The molecule has 0 bridgehead atoms. The van der Waals surface area contributed by atoms with E-state index < -0.39 is 12.0 Å². The Morgan fingerprint density at radius 3 is 1.43 bits per heavy atom. The number of unbranched alkanes of at least 4 members (excludes halogenated alkanes) is 19. The Kier molecular flexibility index (Phi) is 26.3. The third-order valence-corrected chi connectivity index (χ3v) is 7.04. The van der Waals surface area contributed by atoms with Crippen LogP contribution in [-0.2, 0) is 19.1 Å². The summed E-state index contributed by atoms with van der Waals surface area (Å²) in [5.74, 6) is -1.74. The Bertz CT molecular complexity index is 552. The van der Waals surface area contributed by atoms with Gasteiger partial charge in [-0.2, -0.15) is 0 Å². The normalized spacial score (nSPS) is 11.8. The van der Waals surface area contributed by atoms with Crippen LogP contribution < -0.4 is 5.32 Å². The molecule has 0 aromatic carbocycles. The lowest BCUT2D eigenvalue weighted by atomic mass is 10.1. The van der Waals surface area contributed by atoms with Crippen molar-refractivity contribution in [1.29, 1.82) is 0 Å². The van der Waals surface area contributed by atoms with Gasteiger partial charge in [0.05, 0.1) is 6.61 Å². The van der Waals surface area contributed by atoms with Crippen LogP contribution >= 0.6 is 0 Å². The quantitative estimate of drug-likeness (QED) is 0.0789. The molecule has 218 valence electrons. The van der Waals surface area contributed by atoms with E-state index >= 15 is 0 Å². The summed E-state index contributed by atoms with van der Waals surface area (Å²) in [5, 5.41) is 12.0. The number of carboxylic acids is 1. The maximum Gasteiger partial charge on any atom is 0.326 e. The van der Waals surface area contributed by atoms with Crippen LogP contribution in [-0.4, -0.2) is 35.6 Å². The number of carbonyl (C=O) groups excluding carboxylic acids is 2. The van der Waals surface area contributed by atoms with E-state index in [-0.39, 0.29) is 24.7 Å². The topological polar surface area (TPSA) is 92.7 Å². The van der Waals surface area contributed by atoms with Gasteiger partial charge in [-0.05, 0) is 19.3 Å². The van der Waals surface area contributed by atoms with Gasteiger partial charge in [0.15, 0.2) is 0 Å². The van der Waals surface area contributed by atoms with E-state index in [4.69, 9.17) is 4.74 Å². The van der Waals surface area contributed by atoms with Crippen molar-refractivity contribution in [3.8, 4) is 0 Å². The van der Waals surface area contributed by atoms with Crippen molar-refractivity contribution in [3.05, 3.63) is 0 Å². The second kappa shape index (κ2) is 27.4. The minimum atomic E-state index is -1.10. The van der Waals surface area contributed by atoms with Gasteiger partial charge in [0.1, 0.15) is 6.04 Å². The van der Waals surface area contributed by atoms with Crippen LogP contribution in [0.1, 0.15) is 168 Å². The molecule has 6 heteroatoms. The highest BCUT2D eigenvalue weighted by Gasteiger charge is 2.21. The fraction of sp³-hybridized carbons (Fsp3) is 0.903. The molecule has 0 aliphatic carbocycles. The molecule has 1 amide bonds. The second-order valence-corrected chi connectivity index (χ2v) is 10.7. The lowest BCUT2D eigenvalue weighted by Crippen LogP contribution is -2.41. The summed E-state index contributed by atoms with van der Waals surface area (Å²) in [6.45, 7) is 4.85. The zero-order valence-electron chi connectivity index (χ0n) is 24.3. The minimum Gasteiger partial charge on any atom is -0.480 e. The molecule has 0 aromatic rings. The van der Waals surface area contributed by atoms with E-state index in [1.807, 2.05) is 0 Å². The van der Waals surface area contributed by atoms with Crippen molar-refractivity contribution in [3.63, 3.8) is 0 Å². The average molecular weight is 526 g/mol. The molecule has 6 nitrogen and oxygen atoms in total. The third kappa shape index (κ3) is 25.8. The van der Waals surface area contributed by atoms with Crippen LogP contribution in [0.2, 0.25) is 0 Å². The molecule has 0 saturated heterocycles. The summed E-state index contributed by atoms with van der Waals surface area (Å²) in [6, 6.07) is -1.04. The molecule has 0 heterocycles. The second-order valence-electron chi connectivity index (χ2n) is 10.7. The molecule has 0 rings (SSSR count). The van der Waals surface area contributed by atoms with Gasteiger partial charge in [0.25, 0.3) is 0 Å². The summed E-state index contributed by atoms with van der Waals surface area (Å²) in [6.07, 6.45) is 25.9. The first-order valence-corrected chi connectivity index (χ1v) is 15.7. The number of esters is 1. The van der Waals surface area contributed by atoms with E-state index in [0.29, 0.717) is 13.0 Å². The van der Waals surface area contributed by atoms with Gasteiger partial charge in [0, 0.05) is 12.8 Å². The molecule has 0 saturated carbocycles. The van der Waals surface area contributed by atoms with Gasteiger partial charge < -0.3 is 15.2 Å². The van der Waals surface area contributed by atoms with Gasteiger partial charge in [-0.15, -0.1) is 0 Å². The fourth-order valence-corrected chi connectivity index (χ4v) is 4.58. The number of rotatable bonds is 28. The predicted octanol–water partition coefficient (Wildman–Crippen LogP) is 8.50. The van der Waals surface area contributed by atoms with E-state index in [0.717, 1.165) is 32.1 Å². The standard InChI is InChI=1S/C31H59NO5/c1-3-5-7-9-11-13-14-15-17-19-21-23-27-37-30(34)26-25-28(31(35)36)32-29(33)24-22-20-18-16-12-10-8-6-4-2/h28H,3-27H2,1-2H3,(H,32,33)(H,35,36)/t28-/m0/s1. The summed E-state index contributed by atoms with van der Waals surface area (Å²) in [7, 11) is 0. The van der Waals surface area contributed by atoms with Gasteiger partial charge in [-0.25, -0.2) is 4.79 Å². The summed E-state index contributed by atoms with van der Waals surface area (Å²) >= 11 is 0. The zero-order chi connectivity index (χ0) is 27.4. The number of amides is 1. The Labute approximate surface area is 228 Å². The minimum absolute atomic E-state index is 0.00747. The Morgan fingerprint density at radius 1 is 0.595 bits per heavy atom. The van der Waals surface area contributed by atoms with Crippen LogP contribution in [0.3, 0.4) is 0 Å². The molecule has 0 unspecified atom stereocenters. The summed E-state index contributed by atoms with van der Waals surface area (Å²) < 4.78 is 5.26. The highest BCUT2D eigenvalue weighted by atomic mass is 16.5. The van der Waals surface area contributed by atoms with Gasteiger partial charge >= 0.3 is 11.9 Å². The first kappa shape index (κ1) is 35.4. The van der Waals surface area contributed by atoms with Crippen molar-refractivity contribution in [2.45, 2.75) is 174 Å². The number of nitrogens with one attached hydrogen (secondary N) is 1. The van der Waals surface area contributed by atoms with E-state index in [1.165, 1.54) is 103 Å². The molecule has 0 fully saturated rings. The van der Waals surface area contributed by atoms with Crippen LogP contribution in [0.25, 0.3) is 0 Å². The molecule has 0 aromatic heterocycles. The van der Waals surface area contributed by atoms with Crippen molar-refractivity contribution in [2.24, 2.45) is 0 Å². The number of hydrogen-bond acceptors (Lipinski definition) is 4. The van der Waals surface area contributed by atoms with Crippen molar-refractivity contribution in [2.75, 3.05) is 6.61 Å². The fourth-order valence-electron chi connectivity index (χ4n) is 4.58. The van der Waals surface area contributed by atoms with Crippen molar-refractivity contribution in [1.82, 2.24) is 5.32 Å². The average Bonchev–Trinajstić information content (AvgIpc) is 2.88. The number of aliphatic carboxylic acids is 1. The Hall–Kier alpha value is -1.59. The highest BCUT2D eigenvalue weighted by Crippen LogP contribution is 2.13. The van der Waals surface area contributed by atoms with Gasteiger partial charge in [0.2, 0.25) is 5.91 Å². The SMILES string of the molecule is CCCCCCCCCCCCCCOC(=O)CC[C@H](NC(=O)CCCCCCCCCCC)C(=O)O. The number of ether oxygens (including phenoxy) is 1. The molecule has 37 heavy (non-hydrogen) atoms.